The van der Waals surface area contributed by atoms with Gasteiger partial charge < -0.3 is 19.6 Å². The van der Waals surface area contributed by atoms with Crippen molar-refractivity contribution in [1.82, 2.24) is 29.9 Å². The Morgan fingerprint density at radius 1 is 1.21 bits per heavy atom. The molecule has 0 atom stereocenters. The van der Waals surface area contributed by atoms with E-state index in [1.807, 2.05) is 32.9 Å². The van der Waals surface area contributed by atoms with Crippen LogP contribution in [0.1, 0.15) is 34.7 Å². The van der Waals surface area contributed by atoms with Gasteiger partial charge in [-0.25, -0.2) is 9.97 Å². The number of nitrogens with one attached hydrogen (secondary N) is 2. The summed E-state index contributed by atoms with van der Waals surface area (Å²) in [5.74, 6) is 2.42. The first-order valence-corrected chi connectivity index (χ1v) is 10.4. The number of nitrogens with zero attached hydrogens (tertiary/aromatic N) is 5. The van der Waals surface area contributed by atoms with Gasteiger partial charge in [-0.1, -0.05) is 5.16 Å². The second-order valence-electron chi connectivity index (χ2n) is 8.01. The van der Waals surface area contributed by atoms with Crippen LogP contribution in [0.15, 0.2) is 22.9 Å². The van der Waals surface area contributed by atoms with Crippen LogP contribution in [-0.4, -0.2) is 42.8 Å². The lowest BCUT2D eigenvalue weighted by molar-refractivity contribution is 0.101. The molecule has 4 heterocycles. The van der Waals surface area contributed by atoms with Gasteiger partial charge in [0, 0.05) is 36.6 Å². The number of methoxy groups -OCH3 is 1. The lowest BCUT2D eigenvalue weighted by atomic mass is 10.0. The number of Topliss-reactive ketones (excluding diaryl/α,β-unsaturated/α-hetero) is 1. The molecule has 2 N–H and O–H groups in total. The number of rotatable bonds is 5. The molecule has 0 radical (unpaired) electrons. The van der Waals surface area contributed by atoms with Gasteiger partial charge in [0.1, 0.15) is 28.8 Å². The molecule has 0 aliphatic heterocycles. The van der Waals surface area contributed by atoms with Crippen molar-refractivity contribution in [3.8, 4) is 16.9 Å². The number of H-pyrrole nitrogens is 1. The van der Waals surface area contributed by atoms with Gasteiger partial charge in [-0.05, 0) is 32.9 Å². The number of hydrogen-bond donors (Lipinski definition) is 2. The molecule has 10 heteroatoms. The Kier molecular flexibility index (Phi) is 4.66. The van der Waals surface area contributed by atoms with E-state index in [0.717, 1.165) is 33.1 Å². The summed E-state index contributed by atoms with van der Waals surface area (Å²) in [7, 11) is 3.40. The first-order chi connectivity index (χ1) is 15.8. The molecule has 0 saturated carbocycles. The number of hydrogen-bond acceptors (Lipinski definition) is 8. The summed E-state index contributed by atoms with van der Waals surface area (Å²) in [5.41, 5.74) is 5.02. The summed E-state index contributed by atoms with van der Waals surface area (Å²) in [6, 6.07) is 3.96. The van der Waals surface area contributed by atoms with E-state index in [4.69, 9.17) is 9.26 Å². The SMILES string of the molecule is COc1cc2c(cc1-c1c(C)noc1C)[nH]c1nc(C)nc(Nc3cn(C)nc3C(C)=O)c12. The zero-order valence-electron chi connectivity index (χ0n) is 19.2. The van der Waals surface area contributed by atoms with Gasteiger partial charge in [0.25, 0.3) is 0 Å². The quantitative estimate of drug-likeness (QED) is 0.382. The monoisotopic (exact) mass is 445 g/mol. The van der Waals surface area contributed by atoms with Crippen molar-refractivity contribution >= 4 is 39.2 Å². The van der Waals surface area contributed by atoms with Crippen molar-refractivity contribution in [2.45, 2.75) is 27.7 Å². The van der Waals surface area contributed by atoms with Gasteiger partial charge in [0.2, 0.25) is 0 Å². The fraction of sp³-hybridized carbons (Fsp3) is 0.261. The molecule has 5 aromatic rings. The molecule has 0 saturated heterocycles. The molecular weight excluding hydrogens is 422 g/mol. The van der Waals surface area contributed by atoms with Crippen LogP contribution in [0.2, 0.25) is 0 Å². The van der Waals surface area contributed by atoms with Gasteiger partial charge in [0.05, 0.1) is 29.4 Å². The van der Waals surface area contributed by atoms with Gasteiger partial charge in [-0.15, -0.1) is 0 Å². The highest BCUT2D eigenvalue weighted by Crippen LogP contribution is 2.41. The fourth-order valence-corrected chi connectivity index (χ4v) is 4.23. The number of aromatic nitrogens is 6. The Balaban J connectivity index is 1.76. The van der Waals surface area contributed by atoms with E-state index >= 15 is 0 Å². The molecule has 0 bridgehead atoms. The number of carbonyl (C=O) groups excluding carboxylic acids is 1. The number of ether oxygens (including phenoxy) is 1. The molecule has 0 fully saturated rings. The average Bonchev–Trinajstić information content (AvgIpc) is 3.40. The van der Waals surface area contributed by atoms with Crippen molar-refractivity contribution in [2.24, 2.45) is 7.05 Å². The normalized spacial score (nSPS) is 11.5. The van der Waals surface area contributed by atoms with E-state index in [-0.39, 0.29) is 5.78 Å². The molecule has 33 heavy (non-hydrogen) atoms. The zero-order chi connectivity index (χ0) is 23.4. The summed E-state index contributed by atoms with van der Waals surface area (Å²) in [6.45, 7) is 7.09. The molecule has 0 aliphatic rings. The molecular formula is C23H23N7O3. The number of carbonyl (C=O) groups is 1. The molecule has 0 spiro atoms. The van der Waals surface area contributed by atoms with Gasteiger partial charge in [0.15, 0.2) is 11.5 Å². The first-order valence-electron chi connectivity index (χ1n) is 10.4. The van der Waals surface area contributed by atoms with Crippen molar-refractivity contribution in [1.29, 1.82) is 0 Å². The molecule has 5 rings (SSSR count). The van der Waals surface area contributed by atoms with Crippen LogP contribution in [0.5, 0.6) is 5.75 Å². The molecule has 0 unspecified atom stereocenters. The maximum Gasteiger partial charge on any atom is 0.182 e. The average molecular weight is 445 g/mol. The molecule has 0 aliphatic carbocycles. The lowest BCUT2D eigenvalue weighted by Gasteiger charge is -2.10. The van der Waals surface area contributed by atoms with Crippen molar-refractivity contribution in [3.05, 3.63) is 41.3 Å². The van der Waals surface area contributed by atoms with Crippen LogP contribution in [0.25, 0.3) is 33.1 Å². The van der Waals surface area contributed by atoms with Crippen LogP contribution < -0.4 is 10.1 Å². The highest BCUT2D eigenvalue weighted by atomic mass is 16.5. The second-order valence-corrected chi connectivity index (χ2v) is 8.01. The standard InChI is InChI=1S/C23H23N7O3/c1-10-19(12(3)33-29-10)15-7-16-14(8-18(15)32-6)20-22(26-16)24-13(4)25-23(20)27-17-9-30(5)28-21(17)11(2)31/h7-9H,1-6H3,(H2,24,25,26,27). The minimum atomic E-state index is -0.134. The Labute approximate surface area is 189 Å². The predicted molar refractivity (Wildman–Crippen MR) is 124 cm³/mol. The van der Waals surface area contributed by atoms with Gasteiger partial charge >= 0.3 is 0 Å². The number of fused-ring (bicyclic) bond motifs is 3. The van der Waals surface area contributed by atoms with Gasteiger partial charge in [-0.2, -0.15) is 5.10 Å². The van der Waals surface area contributed by atoms with Crippen molar-refractivity contribution in [2.75, 3.05) is 12.4 Å². The molecule has 4 aromatic heterocycles. The third-order valence-corrected chi connectivity index (χ3v) is 5.60. The smallest absolute Gasteiger partial charge is 0.182 e. The number of ketones is 1. The van der Waals surface area contributed by atoms with Crippen LogP contribution in [0.3, 0.4) is 0 Å². The molecule has 0 amide bonds. The van der Waals surface area contributed by atoms with Crippen LogP contribution in [0, 0.1) is 20.8 Å². The van der Waals surface area contributed by atoms with Crippen LogP contribution in [0.4, 0.5) is 11.5 Å². The van der Waals surface area contributed by atoms with Crippen molar-refractivity contribution < 1.29 is 14.1 Å². The zero-order valence-corrected chi connectivity index (χ0v) is 19.2. The Hall–Kier alpha value is -4.21. The molecule has 10 nitrogen and oxygen atoms in total. The summed E-state index contributed by atoms with van der Waals surface area (Å²) in [5, 5.41) is 13.3. The third-order valence-electron chi connectivity index (χ3n) is 5.60. The molecule has 1 aromatic carbocycles. The number of aromatic amines is 1. The Morgan fingerprint density at radius 3 is 2.67 bits per heavy atom. The molecule has 168 valence electrons. The summed E-state index contributed by atoms with van der Waals surface area (Å²) >= 11 is 0. The topological polar surface area (TPSA) is 124 Å². The lowest BCUT2D eigenvalue weighted by Crippen LogP contribution is -2.02. The highest BCUT2D eigenvalue weighted by molar-refractivity contribution is 6.13. The van der Waals surface area contributed by atoms with Crippen molar-refractivity contribution in [3.63, 3.8) is 0 Å². The third kappa shape index (κ3) is 3.30. The summed E-state index contributed by atoms with van der Waals surface area (Å²) in [4.78, 5) is 24.7. The first kappa shape index (κ1) is 20.7. The second kappa shape index (κ2) is 7.44. The van der Waals surface area contributed by atoms with E-state index in [2.05, 4.69) is 30.5 Å². The number of aryl methyl sites for hydroxylation is 4. The van der Waals surface area contributed by atoms with E-state index in [1.54, 1.807) is 25.0 Å². The Morgan fingerprint density at radius 2 is 2.00 bits per heavy atom. The minimum Gasteiger partial charge on any atom is -0.496 e. The summed E-state index contributed by atoms with van der Waals surface area (Å²) < 4.78 is 12.7. The van der Waals surface area contributed by atoms with E-state index in [9.17, 15) is 4.79 Å². The largest absolute Gasteiger partial charge is 0.496 e. The van der Waals surface area contributed by atoms with Crippen LogP contribution >= 0.6 is 0 Å². The maximum atomic E-state index is 12.1. The Bertz CT molecular complexity index is 1540. The van der Waals surface area contributed by atoms with E-state index < -0.39 is 0 Å². The predicted octanol–water partition coefficient (Wildman–Crippen LogP) is 4.38. The van der Waals surface area contributed by atoms with Gasteiger partial charge in [-0.3, -0.25) is 9.48 Å². The maximum absolute atomic E-state index is 12.1. The number of benzene rings is 1. The minimum absolute atomic E-state index is 0.134. The van der Waals surface area contributed by atoms with Crippen LogP contribution in [-0.2, 0) is 7.05 Å². The summed E-state index contributed by atoms with van der Waals surface area (Å²) in [6.07, 6.45) is 1.75. The fourth-order valence-electron chi connectivity index (χ4n) is 4.23. The number of anilines is 2. The van der Waals surface area contributed by atoms with E-state index in [0.29, 0.717) is 40.2 Å². The highest BCUT2D eigenvalue weighted by Gasteiger charge is 2.21. The van der Waals surface area contributed by atoms with E-state index in [1.165, 1.54) is 6.92 Å².